The number of carbonyl (C=O) groups is 1. The summed E-state index contributed by atoms with van der Waals surface area (Å²) in [6.07, 6.45) is 13.0. The number of aromatic amines is 1. The van der Waals surface area contributed by atoms with Gasteiger partial charge in [-0.3, -0.25) is 9.69 Å². The molecule has 1 aromatic heterocycles. The van der Waals surface area contributed by atoms with Crippen molar-refractivity contribution in [1.82, 2.24) is 20.1 Å². The van der Waals surface area contributed by atoms with Crippen molar-refractivity contribution in [2.75, 3.05) is 32.8 Å². The Morgan fingerprint density at radius 1 is 0.971 bits per heavy atom. The molecule has 2 bridgehead atoms. The molecule has 1 amide bonds. The fraction of sp³-hybridized carbons (Fsp3) is 0.679. The smallest absolute Gasteiger partial charge is 0.267 e. The van der Waals surface area contributed by atoms with Gasteiger partial charge in [0.1, 0.15) is 11.4 Å². The number of aromatic nitrogens is 1. The van der Waals surface area contributed by atoms with Crippen LogP contribution in [0, 0.1) is 5.92 Å². The third-order valence-electron chi connectivity index (χ3n) is 9.01. The fourth-order valence-electron chi connectivity index (χ4n) is 6.65. The summed E-state index contributed by atoms with van der Waals surface area (Å²) in [7, 11) is 0. The highest BCUT2D eigenvalue weighted by Crippen LogP contribution is 2.35. The zero-order chi connectivity index (χ0) is 22.9. The van der Waals surface area contributed by atoms with E-state index in [-0.39, 0.29) is 11.9 Å². The molecular formula is C28H40N4O2. The van der Waals surface area contributed by atoms with E-state index in [2.05, 4.69) is 20.1 Å². The van der Waals surface area contributed by atoms with E-state index in [0.29, 0.717) is 11.6 Å². The second-order valence-electron chi connectivity index (χ2n) is 11.2. The van der Waals surface area contributed by atoms with Gasteiger partial charge < -0.3 is 19.9 Å². The molecule has 4 heterocycles. The number of likely N-dealkylation sites (tertiary alicyclic amines) is 1. The Kier molecular flexibility index (Phi) is 6.53. The number of hydrogen-bond acceptors (Lipinski definition) is 4. The van der Waals surface area contributed by atoms with Gasteiger partial charge in [-0.15, -0.1) is 0 Å². The molecule has 0 spiro atoms. The number of H-pyrrole nitrogens is 1. The van der Waals surface area contributed by atoms with Crippen LogP contribution in [0.5, 0.6) is 5.75 Å². The lowest BCUT2D eigenvalue weighted by atomic mass is 9.86. The van der Waals surface area contributed by atoms with Gasteiger partial charge in [0, 0.05) is 55.2 Å². The van der Waals surface area contributed by atoms with Gasteiger partial charge in [0.05, 0.1) is 6.61 Å². The number of amides is 1. The minimum absolute atomic E-state index is 0.00415. The van der Waals surface area contributed by atoms with E-state index < -0.39 is 0 Å². The van der Waals surface area contributed by atoms with E-state index in [9.17, 15) is 4.79 Å². The number of piperidine rings is 2. The summed E-state index contributed by atoms with van der Waals surface area (Å²) in [6, 6.07) is 9.98. The van der Waals surface area contributed by atoms with Crippen LogP contribution < -0.4 is 10.1 Å². The Bertz CT molecular complexity index is 975. The Labute approximate surface area is 203 Å². The molecule has 3 saturated heterocycles. The summed E-state index contributed by atoms with van der Waals surface area (Å²) >= 11 is 0. The maximum Gasteiger partial charge on any atom is 0.267 e. The average Bonchev–Trinajstić information content (AvgIpc) is 3.35. The van der Waals surface area contributed by atoms with E-state index in [1.807, 2.05) is 24.3 Å². The number of ether oxygens (including phenoxy) is 1. The fourth-order valence-corrected chi connectivity index (χ4v) is 6.65. The largest absolute Gasteiger partial charge is 0.493 e. The average molecular weight is 465 g/mol. The van der Waals surface area contributed by atoms with Crippen LogP contribution in [0.25, 0.3) is 10.9 Å². The first-order chi connectivity index (χ1) is 16.7. The molecule has 3 aliphatic heterocycles. The van der Waals surface area contributed by atoms with E-state index in [0.717, 1.165) is 61.3 Å². The quantitative estimate of drug-likeness (QED) is 0.601. The van der Waals surface area contributed by atoms with Gasteiger partial charge in [-0.1, -0.05) is 18.9 Å². The molecule has 1 aliphatic carbocycles. The molecule has 2 atom stereocenters. The van der Waals surface area contributed by atoms with Crippen LogP contribution in [0.4, 0.5) is 0 Å². The molecular weight excluding hydrogens is 424 g/mol. The standard InChI is InChI=1S/C28H40N4O2/c33-28(26-18-24-25(30-26)8-3-9-27(24)34-19-20-4-1-5-20)29-21-12-14-31(15-13-21)16-17-32-22-6-2-7-23(32)11-10-22/h3,8-9,18,20-23,30H,1-2,4-7,10-17,19H2,(H,29,33). The number of nitrogens with zero attached hydrogens (tertiary/aromatic N) is 2. The maximum absolute atomic E-state index is 13.0. The molecule has 184 valence electrons. The van der Waals surface area contributed by atoms with Crippen molar-refractivity contribution in [1.29, 1.82) is 0 Å². The van der Waals surface area contributed by atoms with Gasteiger partial charge in [-0.2, -0.15) is 0 Å². The number of hydrogen-bond donors (Lipinski definition) is 2. The Hall–Kier alpha value is -2.05. The predicted octanol–water partition coefficient (Wildman–Crippen LogP) is 4.56. The molecule has 2 unspecified atom stereocenters. The summed E-state index contributed by atoms with van der Waals surface area (Å²) in [5.41, 5.74) is 1.61. The molecule has 2 aromatic rings. The number of fused-ring (bicyclic) bond motifs is 3. The third-order valence-corrected chi connectivity index (χ3v) is 9.01. The summed E-state index contributed by atoms with van der Waals surface area (Å²) in [4.78, 5) is 21.7. The normalized spacial score (nSPS) is 26.6. The predicted molar refractivity (Wildman–Crippen MR) is 135 cm³/mol. The lowest BCUT2D eigenvalue weighted by Crippen LogP contribution is -2.48. The zero-order valence-electron chi connectivity index (χ0n) is 20.4. The molecule has 4 fully saturated rings. The van der Waals surface area contributed by atoms with Gasteiger partial charge in [-0.25, -0.2) is 0 Å². The topological polar surface area (TPSA) is 60.6 Å². The SMILES string of the molecule is O=C(NC1CCN(CCN2C3CCCC2CC3)CC1)c1cc2c(OCC3CCC3)cccc2[nH]1. The van der Waals surface area contributed by atoms with Crippen molar-refractivity contribution in [3.63, 3.8) is 0 Å². The number of carbonyl (C=O) groups excluding carboxylic acids is 1. The number of benzene rings is 1. The van der Waals surface area contributed by atoms with Gasteiger partial charge in [0.2, 0.25) is 0 Å². The van der Waals surface area contributed by atoms with Crippen LogP contribution in [-0.4, -0.2) is 71.6 Å². The summed E-state index contributed by atoms with van der Waals surface area (Å²) < 4.78 is 6.10. The van der Waals surface area contributed by atoms with E-state index in [4.69, 9.17) is 4.74 Å². The van der Waals surface area contributed by atoms with Gasteiger partial charge in [0.15, 0.2) is 0 Å². The Morgan fingerprint density at radius 2 is 1.74 bits per heavy atom. The van der Waals surface area contributed by atoms with Crippen LogP contribution in [0.1, 0.15) is 74.7 Å². The first-order valence-corrected chi connectivity index (χ1v) is 13.8. The highest BCUT2D eigenvalue weighted by molar-refractivity contribution is 5.99. The Morgan fingerprint density at radius 3 is 2.47 bits per heavy atom. The van der Waals surface area contributed by atoms with Gasteiger partial charge >= 0.3 is 0 Å². The molecule has 6 heteroatoms. The molecule has 4 aliphatic rings. The van der Waals surface area contributed by atoms with Crippen molar-refractivity contribution >= 4 is 16.8 Å². The van der Waals surface area contributed by atoms with E-state index >= 15 is 0 Å². The van der Waals surface area contributed by atoms with Crippen LogP contribution >= 0.6 is 0 Å². The molecule has 34 heavy (non-hydrogen) atoms. The van der Waals surface area contributed by atoms with Crippen molar-refractivity contribution in [2.24, 2.45) is 5.92 Å². The van der Waals surface area contributed by atoms with Gasteiger partial charge in [0.25, 0.3) is 5.91 Å². The molecule has 0 radical (unpaired) electrons. The second kappa shape index (κ2) is 9.90. The number of rotatable bonds is 8. The third kappa shape index (κ3) is 4.72. The van der Waals surface area contributed by atoms with E-state index in [1.165, 1.54) is 64.5 Å². The molecule has 1 saturated carbocycles. The lowest BCUT2D eigenvalue weighted by molar-refractivity contribution is 0.0880. The van der Waals surface area contributed by atoms with Crippen LogP contribution in [0.3, 0.4) is 0 Å². The van der Waals surface area contributed by atoms with Crippen LogP contribution in [0.2, 0.25) is 0 Å². The Balaban J connectivity index is 0.990. The highest BCUT2D eigenvalue weighted by Gasteiger charge is 2.36. The van der Waals surface area contributed by atoms with Crippen molar-refractivity contribution in [3.8, 4) is 5.75 Å². The van der Waals surface area contributed by atoms with Crippen LogP contribution in [-0.2, 0) is 0 Å². The van der Waals surface area contributed by atoms with Crippen molar-refractivity contribution in [2.45, 2.75) is 82.3 Å². The minimum Gasteiger partial charge on any atom is -0.493 e. The van der Waals surface area contributed by atoms with Crippen LogP contribution in [0.15, 0.2) is 24.3 Å². The molecule has 2 N–H and O–H groups in total. The second-order valence-corrected chi connectivity index (χ2v) is 11.2. The number of nitrogens with one attached hydrogen (secondary N) is 2. The highest BCUT2D eigenvalue weighted by atomic mass is 16.5. The summed E-state index contributed by atoms with van der Waals surface area (Å²) in [5, 5.41) is 4.29. The zero-order valence-corrected chi connectivity index (χ0v) is 20.4. The van der Waals surface area contributed by atoms with Crippen molar-refractivity contribution < 1.29 is 9.53 Å². The molecule has 1 aromatic carbocycles. The summed E-state index contributed by atoms with van der Waals surface area (Å²) in [5.74, 6) is 1.58. The van der Waals surface area contributed by atoms with Gasteiger partial charge in [-0.05, 0) is 75.5 Å². The first kappa shape index (κ1) is 22.4. The van der Waals surface area contributed by atoms with E-state index in [1.54, 1.807) is 0 Å². The molecule has 6 nitrogen and oxygen atoms in total. The maximum atomic E-state index is 13.0. The summed E-state index contributed by atoms with van der Waals surface area (Å²) in [6.45, 7) is 5.36. The lowest BCUT2D eigenvalue weighted by Gasteiger charge is -2.38. The van der Waals surface area contributed by atoms with Crippen molar-refractivity contribution in [3.05, 3.63) is 30.0 Å². The first-order valence-electron chi connectivity index (χ1n) is 13.8. The molecule has 6 rings (SSSR count). The monoisotopic (exact) mass is 464 g/mol. The minimum atomic E-state index is 0.00415.